The summed E-state index contributed by atoms with van der Waals surface area (Å²) < 4.78 is 37.6. The van der Waals surface area contributed by atoms with Gasteiger partial charge in [0.15, 0.2) is 17.3 Å². The van der Waals surface area contributed by atoms with Crippen LogP contribution < -0.4 is 30.3 Å². The van der Waals surface area contributed by atoms with E-state index in [4.69, 9.17) is 19.4 Å². The monoisotopic (exact) mass is 651 g/mol. The Hall–Kier alpha value is -5.46. The van der Waals surface area contributed by atoms with Crippen molar-refractivity contribution < 1.29 is 17.9 Å². The van der Waals surface area contributed by atoms with Crippen molar-refractivity contribution in [3.8, 4) is 22.6 Å². The molecule has 4 aromatic carbocycles. The molecule has 0 atom stereocenters. The number of ether oxygens (including phenoxy) is 2. The fourth-order valence-corrected chi connectivity index (χ4v) is 5.54. The second-order valence-electron chi connectivity index (χ2n) is 10.4. The van der Waals surface area contributed by atoms with Crippen molar-refractivity contribution >= 4 is 39.0 Å². The van der Waals surface area contributed by atoms with Crippen LogP contribution >= 0.6 is 0 Å². The van der Waals surface area contributed by atoms with Crippen LogP contribution in [0, 0.1) is 0 Å². The fraction of sp³-hybridized carbons (Fsp3) is 0.171. The van der Waals surface area contributed by atoms with E-state index in [0.717, 1.165) is 27.9 Å². The lowest BCUT2D eigenvalue weighted by Gasteiger charge is -2.18. The average molecular weight is 652 g/mol. The third kappa shape index (κ3) is 8.23. The predicted molar refractivity (Wildman–Crippen MR) is 187 cm³/mol. The first-order valence-electron chi connectivity index (χ1n) is 14.9. The molecular formula is C35H37N7O4S. The van der Waals surface area contributed by atoms with Crippen molar-refractivity contribution in [3.63, 3.8) is 0 Å². The van der Waals surface area contributed by atoms with Gasteiger partial charge in [-0.25, -0.2) is 13.1 Å². The van der Waals surface area contributed by atoms with Crippen LogP contribution in [-0.2, 0) is 16.4 Å². The van der Waals surface area contributed by atoms with Crippen molar-refractivity contribution in [1.82, 2.24) is 14.7 Å². The van der Waals surface area contributed by atoms with E-state index in [1.807, 2.05) is 85.8 Å². The Kier molecular flexibility index (Phi) is 10.7. The number of hydrazone groups is 1. The van der Waals surface area contributed by atoms with Crippen molar-refractivity contribution in [2.75, 3.05) is 43.9 Å². The van der Waals surface area contributed by atoms with E-state index in [2.05, 4.69) is 25.9 Å². The van der Waals surface area contributed by atoms with Crippen LogP contribution in [0.1, 0.15) is 18.1 Å². The first kappa shape index (κ1) is 32.9. The predicted octanol–water partition coefficient (Wildman–Crippen LogP) is 6.30. The molecule has 0 fully saturated rings. The van der Waals surface area contributed by atoms with Gasteiger partial charge in [0.25, 0.3) is 0 Å². The van der Waals surface area contributed by atoms with Gasteiger partial charge in [0, 0.05) is 12.2 Å². The first-order valence-corrected chi connectivity index (χ1v) is 16.4. The summed E-state index contributed by atoms with van der Waals surface area (Å²) >= 11 is 0. The molecular weight excluding hydrogens is 614 g/mol. The highest BCUT2D eigenvalue weighted by molar-refractivity contribution is 7.89. The Morgan fingerprint density at radius 1 is 0.809 bits per heavy atom. The largest absolute Gasteiger partial charge is 0.493 e. The molecule has 5 rings (SSSR count). The number of sulfonamides is 1. The Morgan fingerprint density at radius 3 is 2.13 bits per heavy atom. The van der Waals surface area contributed by atoms with Gasteiger partial charge in [0.2, 0.25) is 16.0 Å². The number of rotatable bonds is 14. The standard InChI is InChI=1S/C35H37N7O4S/c1-24(26-16-18-29(19-17-26)47(43,44)36-2)41-42-34-32(27-11-7-5-8-12-27)33(39-35(40-34)38-28-13-9-6-10-14-28)37-22-21-25-15-20-30(45-3)31(23-25)46-4/h5-20,23,36H,21-22H2,1-4H3,(H3,37,38,39,40,42). The summed E-state index contributed by atoms with van der Waals surface area (Å²) in [5.74, 6) is 2.81. The Morgan fingerprint density at radius 2 is 1.47 bits per heavy atom. The van der Waals surface area contributed by atoms with Gasteiger partial charge in [-0.2, -0.15) is 15.1 Å². The van der Waals surface area contributed by atoms with Gasteiger partial charge in [0.05, 0.1) is 30.4 Å². The number of anilines is 4. The van der Waals surface area contributed by atoms with Crippen LogP contribution in [0.5, 0.6) is 11.5 Å². The van der Waals surface area contributed by atoms with E-state index in [-0.39, 0.29) is 4.90 Å². The van der Waals surface area contributed by atoms with E-state index in [1.165, 1.54) is 7.05 Å². The lowest BCUT2D eigenvalue weighted by atomic mass is 10.1. The van der Waals surface area contributed by atoms with Crippen LogP contribution in [0.2, 0.25) is 0 Å². The third-order valence-electron chi connectivity index (χ3n) is 7.34. The number of hydrogen-bond acceptors (Lipinski definition) is 10. The lowest BCUT2D eigenvalue weighted by molar-refractivity contribution is 0.354. The van der Waals surface area contributed by atoms with Gasteiger partial charge in [-0.15, -0.1) is 0 Å². The molecule has 0 saturated carbocycles. The SMILES string of the molecule is CNS(=O)(=O)c1ccc(C(C)=NNc2nc(Nc3ccccc3)nc(NCCc3ccc(OC)c(OC)c3)c2-c2ccccc2)cc1. The minimum atomic E-state index is -3.55. The molecule has 242 valence electrons. The van der Waals surface area contributed by atoms with Gasteiger partial charge in [0.1, 0.15) is 5.82 Å². The number of nitrogens with one attached hydrogen (secondary N) is 4. The molecule has 47 heavy (non-hydrogen) atoms. The van der Waals surface area contributed by atoms with Gasteiger partial charge in [-0.1, -0.05) is 66.7 Å². The van der Waals surface area contributed by atoms with Crippen molar-refractivity contribution in [3.05, 3.63) is 114 Å². The molecule has 0 saturated heterocycles. The van der Waals surface area contributed by atoms with Crippen molar-refractivity contribution in [2.24, 2.45) is 5.10 Å². The van der Waals surface area contributed by atoms with E-state index >= 15 is 0 Å². The summed E-state index contributed by atoms with van der Waals surface area (Å²) in [6.07, 6.45) is 0.694. The highest BCUT2D eigenvalue weighted by atomic mass is 32.2. The zero-order chi connectivity index (χ0) is 33.2. The molecule has 12 heteroatoms. The first-order chi connectivity index (χ1) is 22.8. The molecule has 5 aromatic rings. The van der Waals surface area contributed by atoms with Gasteiger partial charge >= 0.3 is 0 Å². The van der Waals surface area contributed by atoms with Crippen LogP contribution in [0.3, 0.4) is 0 Å². The molecule has 0 aliphatic rings. The maximum absolute atomic E-state index is 12.2. The summed E-state index contributed by atoms with van der Waals surface area (Å²) in [5.41, 5.74) is 8.08. The van der Waals surface area contributed by atoms with Gasteiger partial charge < -0.3 is 20.1 Å². The topological polar surface area (TPSA) is 139 Å². The summed E-state index contributed by atoms with van der Waals surface area (Å²) in [4.78, 5) is 9.91. The molecule has 4 N–H and O–H groups in total. The summed E-state index contributed by atoms with van der Waals surface area (Å²) in [5, 5.41) is 11.5. The van der Waals surface area contributed by atoms with Gasteiger partial charge in [-0.3, -0.25) is 5.43 Å². The molecule has 0 unspecified atom stereocenters. The molecule has 0 aliphatic heterocycles. The highest BCUT2D eigenvalue weighted by Gasteiger charge is 2.18. The number of hydrogen-bond donors (Lipinski definition) is 4. The van der Waals surface area contributed by atoms with Crippen LogP contribution in [0.25, 0.3) is 11.1 Å². The molecule has 0 spiro atoms. The average Bonchev–Trinajstić information content (AvgIpc) is 3.11. The molecule has 1 heterocycles. The molecule has 0 amide bonds. The number of methoxy groups -OCH3 is 2. The molecule has 0 radical (unpaired) electrons. The second kappa shape index (κ2) is 15.2. The van der Waals surface area contributed by atoms with E-state index < -0.39 is 10.0 Å². The minimum absolute atomic E-state index is 0.173. The highest BCUT2D eigenvalue weighted by Crippen LogP contribution is 2.35. The Labute approximate surface area is 275 Å². The zero-order valence-electron chi connectivity index (χ0n) is 26.6. The second-order valence-corrected chi connectivity index (χ2v) is 12.3. The van der Waals surface area contributed by atoms with Crippen LogP contribution in [0.4, 0.5) is 23.3 Å². The van der Waals surface area contributed by atoms with E-state index in [1.54, 1.807) is 38.5 Å². The molecule has 0 aliphatic carbocycles. The Bertz CT molecular complexity index is 1940. The van der Waals surface area contributed by atoms with Crippen molar-refractivity contribution in [2.45, 2.75) is 18.2 Å². The molecule has 0 bridgehead atoms. The van der Waals surface area contributed by atoms with Crippen LogP contribution in [-0.4, -0.2) is 51.9 Å². The molecule has 1 aromatic heterocycles. The normalized spacial score (nSPS) is 11.5. The number of nitrogens with zero attached hydrogens (tertiary/aromatic N) is 3. The Balaban J connectivity index is 1.50. The smallest absolute Gasteiger partial charge is 0.240 e. The summed E-state index contributed by atoms with van der Waals surface area (Å²) in [6, 6.07) is 31.9. The molecule has 11 nitrogen and oxygen atoms in total. The number of aromatic nitrogens is 2. The maximum Gasteiger partial charge on any atom is 0.240 e. The fourth-order valence-electron chi connectivity index (χ4n) is 4.81. The summed E-state index contributed by atoms with van der Waals surface area (Å²) in [6.45, 7) is 2.41. The maximum atomic E-state index is 12.2. The van der Waals surface area contributed by atoms with E-state index in [9.17, 15) is 8.42 Å². The minimum Gasteiger partial charge on any atom is -0.493 e. The summed E-state index contributed by atoms with van der Waals surface area (Å²) in [7, 11) is 1.07. The lowest BCUT2D eigenvalue weighted by Crippen LogP contribution is -2.18. The quantitative estimate of drug-likeness (QED) is 0.0805. The zero-order valence-corrected chi connectivity index (χ0v) is 27.4. The van der Waals surface area contributed by atoms with Crippen molar-refractivity contribution in [1.29, 1.82) is 0 Å². The van der Waals surface area contributed by atoms with E-state index in [0.29, 0.717) is 47.8 Å². The third-order valence-corrected chi connectivity index (χ3v) is 8.77. The number of benzene rings is 4. The van der Waals surface area contributed by atoms with Gasteiger partial charge in [-0.05, 0) is 73.5 Å². The number of para-hydroxylation sites is 1. The van der Waals surface area contributed by atoms with Crippen LogP contribution in [0.15, 0.2) is 113 Å².